The fourth-order valence-electron chi connectivity index (χ4n) is 4.35. The standard InChI is InChI=1S/C33H22BrN3/c34-30-13-5-10-27(20-30)26-9-4-11-28(19-26)32-21-31(36-33(37-32)25-7-2-1-3-8-25)24-16-14-23(15-17-24)29-12-6-18-35-22-29/h1-22H. The maximum absolute atomic E-state index is 4.99. The summed E-state index contributed by atoms with van der Waals surface area (Å²) >= 11 is 3.59. The molecule has 6 rings (SSSR count). The fraction of sp³-hybridized carbons (Fsp3) is 0. The lowest BCUT2D eigenvalue weighted by molar-refractivity contribution is 1.18. The van der Waals surface area contributed by atoms with E-state index in [2.05, 4.69) is 99.8 Å². The van der Waals surface area contributed by atoms with Crippen LogP contribution in [0.4, 0.5) is 0 Å². The molecule has 176 valence electrons. The molecule has 0 spiro atoms. The van der Waals surface area contributed by atoms with Gasteiger partial charge in [-0.2, -0.15) is 0 Å². The van der Waals surface area contributed by atoms with E-state index in [0.717, 1.165) is 54.8 Å². The van der Waals surface area contributed by atoms with E-state index < -0.39 is 0 Å². The highest BCUT2D eigenvalue weighted by molar-refractivity contribution is 9.10. The first kappa shape index (κ1) is 23.0. The summed E-state index contributed by atoms with van der Waals surface area (Å²) in [4.78, 5) is 14.2. The SMILES string of the molecule is Brc1cccc(-c2cccc(-c3cc(-c4ccc(-c5cccnc5)cc4)nc(-c4ccccc4)n3)c2)c1. The lowest BCUT2D eigenvalue weighted by atomic mass is 10.00. The van der Waals surface area contributed by atoms with Crippen LogP contribution in [0.15, 0.2) is 138 Å². The molecular formula is C33H22BrN3. The first-order valence-corrected chi connectivity index (χ1v) is 12.8. The van der Waals surface area contributed by atoms with Crippen LogP contribution in [-0.2, 0) is 0 Å². The average Bonchev–Trinajstić information content (AvgIpc) is 2.98. The van der Waals surface area contributed by atoms with Gasteiger partial charge in [0.1, 0.15) is 0 Å². The van der Waals surface area contributed by atoms with E-state index in [1.54, 1.807) is 6.20 Å². The van der Waals surface area contributed by atoms with Crippen LogP contribution in [0.25, 0.3) is 56.2 Å². The Labute approximate surface area is 224 Å². The lowest BCUT2D eigenvalue weighted by Gasteiger charge is -2.11. The van der Waals surface area contributed by atoms with Gasteiger partial charge in [0.15, 0.2) is 5.82 Å². The zero-order valence-corrected chi connectivity index (χ0v) is 21.5. The minimum atomic E-state index is 0.706. The maximum Gasteiger partial charge on any atom is 0.160 e. The number of benzene rings is 4. The Morgan fingerprint density at radius 2 is 1.05 bits per heavy atom. The molecule has 0 fully saturated rings. The van der Waals surface area contributed by atoms with E-state index in [9.17, 15) is 0 Å². The monoisotopic (exact) mass is 539 g/mol. The molecule has 0 bridgehead atoms. The largest absolute Gasteiger partial charge is 0.264 e. The van der Waals surface area contributed by atoms with Gasteiger partial charge in [-0.25, -0.2) is 9.97 Å². The van der Waals surface area contributed by atoms with Gasteiger partial charge in [-0.3, -0.25) is 4.98 Å². The van der Waals surface area contributed by atoms with Crippen molar-refractivity contribution >= 4 is 15.9 Å². The molecule has 4 heteroatoms. The second-order valence-electron chi connectivity index (χ2n) is 8.74. The molecule has 4 aromatic carbocycles. The number of hydrogen-bond donors (Lipinski definition) is 0. The number of halogens is 1. The Hall–Kier alpha value is -4.41. The Bertz CT molecular complexity index is 1660. The summed E-state index contributed by atoms with van der Waals surface area (Å²) in [6.07, 6.45) is 3.67. The van der Waals surface area contributed by atoms with Crippen LogP contribution in [0.3, 0.4) is 0 Å². The third-order valence-corrected chi connectivity index (χ3v) is 6.74. The highest BCUT2D eigenvalue weighted by Gasteiger charge is 2.12. The van der Waals surface area contributed by atoms with Crippen LogP contribution in [0.5, 0.6) is 0 Å². The summed E-state index contributed by atoms with van der Waals surface area (Å²) in [7, 11) is 0. The topological polar surface area (TPSA) is 38.7 Å². The minimum absolute atomic E-state index is 0.706. The molecule has 0 N–H and O–H groups in total. The molecule has 2 aromatic heterocycles. The smallest absolute Gasteiger partial charge is 0.160 e. The van der Waals surface area contributed by atoms with Gasteiger partial charge in [0.05, 0.1) is 11.4 Å². The molecule has 0 saturated carbocycles. The Balaban J connectivity index is 1.45. The van der Waals surface area contributed by atoms with Gasteiger partial charge in [0.25, 0.3) is 0 Å². The highest BCUT2D eigenvalue weighted by Crippen LogP contribution is 2.31. The third-order valence-electron chi connectivity index (χ3n) is 6.25. The zero-order chi connectivity index (χ0) is 25.0. The molecule has 0 aliphatic rings. The lowest BCUT2D eigenvalue weighted by Crippen LogP contribution is -1.96. The number of rotatable bonds is 5. The van der Waals surface area contributed by atoms with Crippen LogP contribution in [-0.4, -0.2) is 15.0 Å². The van der Waals surface area contributed by atoms with Gasteiger partial charge in [0.2, 0.25) is 0 Å². The van der Waals surface area contributed by atoms with Gasteiger partial charge < -0.3 is 0 Å². The third kappa shape index (κ3) is 5.11. The van der Waals surface area contributed by atoms with Crippen molar-refractivity contribution in [1.29, 1.82) is 0 Å². The maximum atomic E-state index is 4.99. The van der Waals surface area contributed by atoms with Gasteiger partial charge in [-0.15, -0.1) is 0 Å². The molecule has 0 aliphatic carbocycles. The first-order chi connectivity index (χ1) is 18.2. The van der Waals surface area contributed by atoms with Crippen LogP contribution in [0.1, 0.15) is 0 Å². The number of hydrogen-bond acceptors (Lipinski definition) is 3. The van der Waals surface area contributed by atoms with Crippen LogP contribution >= 0.6 is 15.9 Å². The number of aromatic nitrogens is 3. The van der Waals surface area contributed by atoms with Crippen molar-refractivity contribution in [3.05, 3.63) is 138 Å². The fourth-order valence-corrected chi connectivity index (χ4v) is 4.75. The van der Waals surface area contributed by atoms with Gasteiger partial charge in [-0.1, -0.05) is 107 Å². The van der Waals surface area contributed by atoms with Crippen LogP contribution in [0.2, 0.25) is 0 Å². The highest BCUT2D eigenvalue weighted by atomic mass is 79.9. The predicted molar refractivity (Wildman–Crippen MR) is 155 cm³/mol. The molecule has 0 radical (unpaired) electrons. The number of pyridine rings is 1. The normalized spacial score (nSPS) is 10.8. The minimum Gasteiger partial charge on any atom is -0.264 e. The summed E-state index contributed by atoms with van der Waals surface area (Å²) in [5.41, 5.74) is 9.35. The molecule has 0 atom stereocenters. The quantitative estimate of drug-likeness (QED) is 0.219. The van der Waals surface area contributed by atoms with Crippen molar-refractivity contribution in [1.82, 2.24) is 15.0 Å². The summed E-state index contributed by atoms with van der Waals surface area (Å²) in [5, 5.41) is 0. The molecule has 37 heavy (non-hydrogen) atoms. The van der Waals surface area contributed by atoms with Gasteiger partial charge in [-0.05, 0) is 52.6 Å². The first-order valence-electron chi connectivity index (χ1n) is 12.0. The summed E-state index contributed by atoms with van der Waals surface area (Å²) < 4.78 is 1.06. The molecular weight excluding hydrogens is 518 g/mol. The van der Waals surface area contributed by atoms with E-state index >= 15 is 0 Å². The second kappa shape index (κ2) is 10.3. The van der Waals surface area contributed by atoms with Crippen molar-refractivity contribution in [2.24, 2.45) is 0 Å². The Morgan fingerprint density at radius 3 is 1.78 bits per heavy atom. The molecule has 0 amide bonds. The summed E-state index contributed by atoms with van der Waals surface area (Å²) in [6.45, 7) is 0. The van der Waals surface area contributed by atoms with Crippen molar-refractivity contribution < 1.29 is 0 Å². The van der Waals surface area contributed by atoms with E-state index in [1.807, 2.05) is 48.7 Å². The van der Waals surface area contributed by atoms with E-state index in [1.165, 1.54) is 0 Å². The summed E-state index contributed by atoms with van der Waals surface area (Å²) in [6, 6.07) is 41.5. The summed E-state index contributed by atoms with van der Waals surface area (Å²) in [5.74, 6) is 0.706. The molecule has 0 unspecified atom stereocenters. The van der Waals surface area contributed by atoms with E-state index in [4.69, 9.17) is 9.97 Å². The predicted octanol–water partition coefficient (Wildman–Crippen LogP) is 8.97. The van der Waals surface area contributed by atoms with Crippen molar-refractivity contribution in [3.8, 4) is 56.2 Å². The van der Waals surface area contributed by atoms with Crippen LogP contribution in [0, 0.1) is 0 Å². The van der Waals surface area contributed by atoms with E-state index in [-0.39, 0.29) is 0 Å². The van der Waals surface area contributed by atoms with Gasteiger partial charge in [0, 0.05) is 33.6 Å². The Morgan fingerprint density at radius 1 is 0.432 bits per heavy atom. The molecule has 0 saturated heterocycles. The second-order valence-corrected chi connectivity index (χ2v) is 9.65. The molecule has 6 aromatic rings. The van der Waals surface area contributed by atoms with Crippen LogP contribution < -0.4 is 0 Å². The van der Waals surface area contributed by atoms with Crippen molar-refractivity contribution in [2.75, 3.05) is 0 Å². The zero-order valence-electron chi connectivity index (χ0n) is 19.9. The van der Waals surface area contributed by atoms with E-state index in [0.29, 0.717) is 5.82 Å². The van der Waals surface area contributed by atoms with Crippen molar-refractivity contribution in [3.63, 3.8) is 0 Å². The van der Waals surface area contributed by atoms with Crippen molar-refractivity contribution in [2.45, 2.75) is 0 Å². The molecule has 0 aliphatic heterocycles. The molecule has 3 nitrogen and oxygen atoms in total. The molecule has 2 heterocycles. The Kier molecular flexibility index (Phi) is 6.40. The number of nitrogens with zero attached hydrogens (tertiary/aromatic N) is 3. The average molecular weight is 540 g/mol. The van der Waals surface area contributed by atoms with Gasteiger partial charge >= 0.3 is 0 Å².